The van der Waals surface area contributed by atoms with Crippen LogP contribution in [0.4, 0.5) is 10.1 Å². The minimum Gasteiger partial charge on any atom is -0.494 e. The number of carbonyl (C=O) groups excluding carboxylic acids is 1. The summed E-state index contributed by atoms with van der Waals surface area (Å²) in [6.45, 7) is 2.96. The minimum atomic E-state index is -0.437. The number of piperidine rings is 1. The third-order valence-corrected chi connectivity index (χ3v) is 3.52. The van der Waals surface area contributed by atoms with Crippen molar-refractivity contribution in [1.29, 1.82) is 0 Å². The number of hydrogen-bond acceptors (Lipinski definition) is 3. The van der Waals surface area contributed by atoms with Gasteiger partial charge in [0.05, 0.1) is 13.0 Å². The van der Waals surface area contributed by atoms with Crippen molar-refractivity contribution in [3.8, 4) is 5.75 Å². The van der Waals surface area contributed by atoms with Gasteiger partial charge in [0.1, 0.15) is 0 Å². The van der Waals surface area contributed by atoms with E-state index < -0.39 is 5.82 Å². The molecular formula is C14H19FN2O2. The molecule has 1 heterocycles. The molecule has 2 rings (SSSR count). The Morgan fingerprint density at radius 3 is 3.00 bits per heavy atom. The van der Waals surface area contributed by atoms with Crippen molar-refractivity contribution >= 4 is 11.6 Å². The van der Waals surface area contributed by atoms with E-state index in [1.165, 1.54) is 25.3 Å². The molecule has 1 aromatic carbocycles. The number of methoxy groups -OCH3 is 1. The van der Waals surface area contributed by atoms with Gasteiger partial charge >= 0.3 is 0 Å². The molecule has 0 bridgehead atoms. The molecule has 104 valence electrons. The molecule has 1 fully saturated rings. The average molecular weight is 266 g/mol. The van der Waals surface area contributed by atoms with Gasteiger partial charge in [-0.25, -0.2) is 4.39 Å². The maximum atomic E-state index is 13.3. The van der Waals surface area contributed by atoms with E-state index >= 15 is 0 Å². The Hall–Kier alpha value is -1.62. The Morgan fingerprint density at radius 2 is 2.32 bits per heavy atom. The predicted molar refractivity (Wildman–Crippen MR) is 71.8 cm³/mol. The number of anilines is 1. The Bertz CT molecular complexity index is 465. The van der Waals surface area contributed by atoms with E-state index in [2.05, 4.69) is 10.6 Å². The van der Waals surface area contributed by atoms with E-state index in [0.29, 0.717) is 5.69 Å². The fraction of sp³-hybridized carbons (Fsp3) is 0.500. The summed E-state index contributed by atoms with van der Waals surface area (Å²) in [4.78, 5) is 12.2. The van der Waals surface area contributed by atoms with Crippen LogP contribution in [0.1, 0.15) is 19.8 Å². The lowest BCUT2D eigenvalue weighted by Crippen LogP contribution is -2.44. The van der Waals surface area contributed by atoms with Crippen LogP contribution >= 0.6 is 0 Å². The number of carbonyl (C=O) groups is 1. The van der Waals surface area contributed by atoms with E-state index in [1.807, 2.05) is 6.92 Å². The lowest BCUT2D eigenvalue weighted by molar-refractivity contribution is -0.121. The number of benzene rings is 1. The first kappa shape index (κ1) is 13.8. The van der Waals surface area contributed by atoms with Gasteiger partial charge < -0.3 is 15.4 Å². The Labute approximate surface area is 112 Å². The summed E-state index contributed by atoms with van der Waals surface area (Å²) in [5.74, 6) is -0.390. The molecule has 5 heteroatoms. The minimum absolute atomic E-state index is 0.0339. The Kier molecular flexibility index (Phi) is 4.37. The van der Waals surface area contributed by atoms with Gasteiger partial charge in [0.25, 0.3) is 0 Å². The molecule has 0 spiro atoms. The molecule has 2 N–H and O–H groups in total. The molecule has 0 aliphatic carbocycles. The third kappa shape index (κ3) is 3.23. The average Bonchev–Trinajstić information content (AvgIpc) is 2.41. The monoisotopic (exact) mass is 266 g/mol. The van der Waals surface area contributed by atoms with E-state index in [1.54, 1.807) is 0 Å². The number of nitrogens with one attached hydrogen (secondary N) is 2. The predicted octanol–water partition coefficient (Wildman–Crippen LogP) is 2.16. The number of amides is 1. The molecule has 1 aromatic rings. The van der Waals surface area contributed by atoms with Gasteiger partial charge in [-0.1, -0.05) is 0 Å². The standard InChI is InChI=1S/C14H19FN2O2/c1-9-11(4-3-7-16-9)14(18)17-10-5-6-12(15)13(8-10)19-2/h5-6,8-9,11,16H,3-4,7H2,1-2H3,(H,17,18). The second-order valence-corrected chi connectivity index (χ2v) is 4.83. The summed E-state index contributed by atoms with van der Waals surface area (Å²) < 4.78 is 18.2. The quantitative estimate of drug-likeness (QED) is 0.881. The molecule has 0 aromatic heterocycles. The summed E-state index contributed by atoms with van der Waals surface area (Å²) in [6.07, 6.45) is 1.87. The smallest absolute Gasteiger partial charge is 0.229 e. The van der Waals surface area contributed by atoms with Crippen molar-refractivity contribution in [2.24, 2.45) is 5.92 Å². The van der Waals surface area contributed by atoms with Crippen LogP contribution in [0, 0.1) is 11.7 Å². The molecule has 1 amide bonds. The normalized spacial score (nSPS) is 22.9. The lowest BCUT2D eigenvalue weighted by atomic mass is 9.91. The van der Waals surface area contributed by atoms with Gasteiger partial charge in [-0.15, -0.1) is 0 Å². The van der Waals surface area contributed by atoms with Crippen molar-refractivity contribution in [2.75, 3.05) is 19.0 Å². The van der Waals surface area contributed by atoms with Crippen molar-refractivity contribution < 1.29 is 13.9 Å². The van der Waals surface area contributed by atoms with Crippen molar-refractivity contribution in [1.82, 2.24) is 5.32 Å². The van der Waals surface area contributed by atoms with Gasteiger partial charge in [0.2, 0.25) is 5.91 Å². The fourth-order valence-electron chi connectivity index (χ4n) is 2.37. The summed E-state index contributed by atoms with van der Waals surface area (Å²) in [7, 11) is 1.40. The van der Waals surface area contributed by atoms with E-state index in [-0.39, 0.29) is 23.6 Å². The number of ether oxygens (including phenoxy) is 1. The van der Waals surface area contributed by atoms with Crippen LogP contribution in [0.5, 0.6) is 5.75 Å². The first-order valence-corrected chi connectivity index (χ1v) is 6.49. The van der Waals surface area contributed by atoms with E-state index in [0.717, 1.165) is 19.4 Å². The maximum Gasteiger partial charge on any atom is 0.229 e. The van der Waals surface area contributed by atoms with Gasteiger partial charge in [-0.05, 0) is 38.4 Å². The van der Waals surface area contributed by atoms with Crippen LogP contribution in [-0.2, 0) is 4.79 Å². The highest BCUT2D eigenvalue weighted by Gasteiger charge is 2.27. The molecule has 0 radical (unpaired) electrons. The summed E-state index contributed by atoms with van der Waals surface area (Å²) in [5.41, 5.74) is 0.557. The van der Waals surface area contributed by atoms with Gasteiger partial charge in [0.15, 0.2) is 11.6 Å². The lowest BCUT2D eigenvalue weighted by Gasteiger charge is -2.28. The number of rotatable bonds is 3. The maximum absolute atomic E-state index is 13.3. The second-order valence-electron chi connectivity index (χ2n) is 4.83. The summed E-state index contributed by atoms with van der Waals surface area (Å²) in [5, 5.41) is 6.10. The van der Waals surface area contributed by atoms with Crippen LogP contribution in [-0.4, -0.2) is 25.6 Å². The van der Waals surface area contributed by atoms with Crippen LogP contribution in [0.3, 0.4) is 0 Å². The van der Waals surface area contributed by atoms with E-state index in [4.69, 9.17) is 4.74 Å². The first-order chi connectivity index (χ1) is 9.11. The zero-order valence-corrected chi connectivity index (χ0v) is 11.2. The van der Waals surface area contributed by atoms with E-state index in [9.17, 15) is 9.18 Å². The number of halogens is 1. The molecule has 1 aliphatic rings. The molecule has 0 saturated carbocycles. The van der Waals surface area contributed by atoms with Crippen molar-refractivity contribution in [3.63, 3.8) is 0 Å². The van der Waals surface area contributed by atoms with Crippen LogP contribution < -0.4 is 15.4 Å². The fourth-order valence-corrected chi connectivity index (χ4v) is 2.37. The molecule has 1 aliphatic heterocycles. The molecular weight excluding hydrogens is 247 g/mol. The molecule has 19 heavy (non-hydrogen) atoms. The molecule has 2 atom stereocenters. The molecule has 1 saturated heterocycles. The first-order valence-electron chi connectivity index (χ1n) is 6.49. The topological polar surface area (TPSA) is 50.4 Å². The van der Waals surface area contributed by atoms with Gasteiger partial charge in [-0.3, -0.25) is 4.79 Å². The highest BCUT2D eigenvalue weighted by atomic mass is 19.1. The van der Waals surface area contributed by atoms with Crippen LogP contribution in [0.2, 0.25) is 0 Å². The Morgan fingerprint density at radius 1 is 1.53 bits per heavy atom. The Balaban J connectivity index is 2.05. The summed E-state index contributed by atoms with van der Waals surface area (Å²) >= 11 is 0. The molecule has 4 nitrogen and oxygen atoms in total. The van der Waals surface area contributed by atoms with Gasteiger partial charge in [-0.2, -0.15) is 0 Å². The second kappa shape index (κ2) is 6.02. The zero-order valence-electron chi connectivity index (χ0n) is 11.2. The summed E-state index contributed by atoms with van der Waals surface area (Å²) in [6, 6.07) is 4.48. The van der Waals surface area contributed by atoms with Crippen LogP contribution in [0.25, 0.3) is 0 Å². The highest BCUT2D eigenvalue weighted by molar-refractivity contribution is 5.93. The number of hydrogen-bond donors (Lipinski definition) is 2. The van der Waals surface area contributed by atoms with Crippen molar-refractivity contribution in [2.45, 2.75) is 25.8 Å². The third-order valence-electron chi connectivity index (χ3n) is 3.52. The highest BCUT2D eigenvalue weighted by Crippen LogP contribution is 2.23. The SMILES string of the molecule is COc1cc(NC(=O)C2CCCNC2C)ccc1F. The largest absolute Gasteiger partial charge is 0.494 e. The van der Waals surface area contributed by atoms with Crippen molar-refractivity contribution in [3.05, 3.63) is 24.0 Å². The van der Waals surface area contributed by atoms with Gasteiger partial charge in [0, 0.05) is 17.8 Å². The zero-order chi connectivity index (χ0) is 13.8. The molecule has 2 unspecified atom stereocenters. The van der Waals surface area contributed by atoms with Crippen LogP contribution in [0.15, 0.2) is 18.2 Å².